The fourth-order valence-corrected chi connectivity index (χ4v) is 3.39. The average Bonchev–Trinajstić information content (AvgIpc) is 2.45. The molecule has 21 heavy (non-hydrogen) atoms. The predicted octanol–water partition coefficient (Wildman–Crippen LogP) is 3.18. The largest absolute Gasteiger partial charge is 0.367 e. The van der Waals surface area contributed by atoms with E-state index in [0.717, 1.165) is 24.0 Å². The summed E-state index contributed by atoms with van der Waals surface area (Å²) in [6.45, 7) is 5.13. The van der Waals surface area contributed by atoms with Gasteiger partial charge in [0, 0.05) is 17.8 Å². The SMILES string of the molecule is Cc1ccc(C#N)c(NCC2(N(C)C)CCCC(C)C2)n1. The summed E-state index contributed by atoms with van der Waals surface area (Å²) < 4.78 is 0. The lowest BCUT2D eigenvalue weighted by atomic mass is 9.75. The summed E-state index contributed by atoms with van der Waals surface area (Å²) in [5.41, 5.74) is 1.72. The molecule has 4 heteroatoms. The molecule has 0 aliphatic heterocycles. The number of aromatic nitrogens is 1. The van der Waals surface area contributed by atoms with Gasteiger partial charge in [-0.1, -0.05) is 19.8 Å². The van der Waals surface area contributed by atoms with Crippen molar-refractivity contribution in [3.63, 3.8) is 0 Å². The smallest absolute Gasteiger partial charge is 0.144 e. The Balaban J connectivity index is 2.16. The lowest BCUT2D eigenvalue weighted by Crippen LogP contribution is -2.52. The van der Waals surface area contributed by atoms with Crippen LogP contribution in [0.25, 0.3) is 0 Å². The van der Waals surface area contributed by atoms with Crippen LogP contribution in [0.5, 0.6) is 0 Å². The zero-order valence-corrected chi connectivity index (χ0v) is 13.6. The standard InChI is InChI=1S/C17H26N4/c1-13-6-5-9-17(10-13,21(3)4)12-19-16-15(11-18)8-7-14(2)20-16/h7-8,13H,5-6,9-10,12H2,1-4H3,(H,19,20). The summed E-state index contributed by atoms with van der Waals surface area (Å²) in [7, 11) is 4.32. The fourth-order valence-electron chi connectivity index (χ4n) is 3.39. The molecule has 0 spiro atoms. The van der Waals surface area contributed by atoms with E-state index in [1.165, 1.54) is 25.7 Å². The first-order chi connectivity index (χ1) is 9.97. The number of nitrogens with zero attached hydrogens (tertiary/aromatic N) is 3. The van der Waals surface area contributed by atoms with Gasteiger partial charge in [-0.05, 0) is 51.9 Å². The zero-order valence-electron chi connectivity index (χ0n) is 13.6. The van der Waals surface area contributed by atoms with Gasteiger partial charge in [0.2, 0.25) is 0 Å². The molecule has 0 saturated heterocycles. The number of pyridine rings is 1. The molecule has 1 saturated carbocycles. The number of hydrogen-bond donors (Lipinski definition) is 1. The van der Waals surface area contributed by atoms with Gasteiger partial charge in [-0.15, -0.1) is 0 Å². The molecule has 2 rings (SSSR count). The van der Waals surface area contributed by atoms with Crippen LogP contribution in [0.2, 0.25) is 0 Å². The molecular formula is C17H26N4. The summed E-state index contributed by atoms with van der Waals surface area (Å²) in [6.07, 6.45) is 4.99. The second kappa shape index (κ2) is 6.44. The highest BCUT2D eigenvalue weighted by molar-refractivity contribution is 5.52. The molecule has 2 unspecified atom stereocenters. The monoisotopic (exact) mass is 286 g/mol. The molecule has 0 radical (unpaired) electrons. The number of nitriles is 1. The maximum atomic E-state index is 9.22. The zero-order chi connectivity index (χ0) is 15.5. The number of aryl methyl sites for hydroxylation is 1. The first-order valence-electron chi connectivity index (χ1n) is 7.76. The molecule has 0 aromatic carbocycles. The first kappa shape index (κ1) is 15.8. The Morgan fingerprint density at radius 3 is 2.86 bits per heavy atom. The normalized spacial score (nSPS) is 25.6. The molecule has 114 valence electrons. The van der Waals surface area contributed by atoms with E-state index in [9.17, 15) is 5.26 Å². The third kappa shape index (κ3) is 3.54. The van der Waals surface area contributed by atoms with Crippen molar-refractivity contribution in [2.24, 2.45) is 5.92 Å². The van der Waals surface area contributed by atoms with Crippen LogP contribution < -0.4 is 5.32 Å². The molecular weight excluding hydrogens is 260 g/mol. The molecule has 1 N–H and O–H groups in total. The Bertz CT molecular complexity index is 532. The van der Waals surface area contributed by atoms with Crippen LogP contribution >= 0.6 is 0 Å². The number of rotatable bonds is 4. The van der Waals surface area contributed by atoms with E-state index in [1.54, 1.807) is 0 Å². The van der Waals surface area contributed by atoms with Gasteiger partial charge < -0.3 is 10.2 Å². The van der Waals surface area contributed by atoms with Crippen molar-refractivity contribution < 1.29 is 0 Å². The van der Waals surface area contributed by atoms with E-state index in [2.05, 4.69) is 42.3 Å². The van der Waals surface area contributed by atoms with E-state index < -0.39 is 0 Å². The van der Waals surface area contributed by atoms with Crippen molar-refractivity contribution in [3.05, 3.63) is 23.4 Å². The van der Waals surface area contributed by atoms with E-state index in [1.807, 2.05) is 19.1 Å². The number of likely N-dealkylation sites (N-methyl/N-ethyl adjacent to an activating group) is 1. The molecule has 1 aromatic rings. The van der Waals surface area contributed by atoms with E-state index >= 15 is 0 Å². The van der Waals surface area contributed by atoms with Crippen LogP contribution in [0.1, 0.15) is 43.9 Å². The summed E-state index contributed by atoms with van der Waals surface area (Å²) >= 11 is 0. The van der Waals surface area contributed by atoms with Gasteiger partial charge in [0.15, 0.2) is 0 Å². The molecule has 1 heterocycles. The Morgan fingerprint density at radius 2 is 2.24 bits per heavy atom. The Morgan fingerprint density at radius 1 is 1.48 bits per heavy atom. The van der Waals surface area contributed by atoms with Crippen LogP contribution in [-0.2, 0) is 0 Å². The number of anilines is 1. The van der Waals surface area contributed by atoms with E-state index in [4.69, 9.17) is 0 Å². The van der Waals surface area contributed by atoms with Gasteiger partial charge >= 0.3 is 0 Å². The minimum Gasteiger partial charge on any atom is -0.367 e. The van der Waals surface area contributed by atoms with Crippen LogP contribution in [-0.4, -0.2) is 36.1 Å². The van der Waals surface area contributed by atoms with Crippen LogP contribution in [0.3, 0.4) is 0 Å². The minimum absolute atomic E-state index is 0.163. The molecule has 0 bridgehead atoms. The fraction of sp³-hybridized carbons (Fsp3) is 0.647. The van der Waals surface area contributed by atoms with Crippen molar-refractivity contribution in [1.29, 1.82) is 5.26 Å². The molecule has 2 atom stereocenters. The van der Waals surface area contributed by atoms with Crippen LogP contribution in [0.4, 0.5) is 5.82 Å². The lowest BCUT2D eigenvalue weighted by molar-refractivity contribution is 0.0881. The summed E-state index contributed by atoms with van der Waals surface area (Å²) in [4.78, 5) is 6.83. The van der Waals surface area contributed by atoms with E-state index in [-0.39, 0.29) is 5.54 Å². The summed E-state index contributed by atoms with van der Waals surface area (Å²) in [5, 5.41) is 12.7. The van der Waals surface area contributed by atoms with Crippen molar-refractivity contribution in [3.8, 4) is 6.07 Å². The third-order valence-electron chi connectivity index (χ3n) is 4.76. The number of nitrogens with one attached hydrogen (secondary N) is 1. The van der Waals surface area contributed by atoms with Gasteiger partial charge in [0.1, 0.15) is 11.9 Å². The molecule has 4 nitrogen and oxygen atoms in total. The lowest BCUT2D eigenvalue weighted by Gasteiger charge is -2.45. The van der Waals surface area contributed by atoms with Gasteiger partial charge in [0.05, 0.1) is 5.56 Å². The molecule has 1 aromatic heterocycles. The third-order valence-corrected chi connectivity index (χ3v) is 4.76. The molecule has 0 amide bonds. The Labute approximate surface area is 128 Å². The molecule has 1 fully saturated rings. The van der Waals surface area contributed by atoms with Crippen molar-refractivity contribution >= 4 is 5.82 Å². The van der Waals surface area contributed by atoms with Gasteiger partial charge in [-0.25, -0.2) is 4.98 Å². The maximum absolute atomic E-state index is 9.22. The van der Waals surface area contributed by atoms with Crippen molar-refractivity contribution in [2.75, 3.05) is 26.0 Å². The second-order valence-electron chi connectivity index (χ2n) is 6.63. The Hall–Kier alpha value is -1.60. The highest BCUT2D eigenvalue weighted by Gasteiger charge is 2.36. The number of hydrogen-bond acceptors (Lipinski definition) is 4. The Kier molecular flexibility index (Phi) is 4.84. The van der Waals surface area contributed by atoms with Crippen molar-refractivity contribution in [2.45, 2.75) is 45.1 Å². The van der Waals surface area contributed by atoms with Crippen molar-refractivity contribution in [1.82, 2.24) is 9.88 Å². The quantitative estimate of drug-likeness (QED) is 0.923. The maximum Gasteiger partial charge on any atom is 0.144 e. The average molecular weight is 286 g/mol. The van der Waals surface area contributed by atoms with E-state index in [0.29, 0.717) is 5.56 Å². The topological polar surface area (TPSA) is 52.0 Å². The predicted molar refractivity (Wildman–Crippen MR) is 86.2 cm³/mol. The highest BCUT2D eigenvalue weighted by atomic mass is 15.2. The van der Waals surface area contributed by atoms with Gasteiger partial charge in [-0.3, -0.25) is 0 Å². The molecule has 1 aliphatic rings. The van der Waals surface area contributed by atoms with Gasteiger partial charge in [0.25, 0.3) is 0 Å². The second-order valence-corrected chi connectivity index (χ2v) is 6.63. The minimum atomic E-state index is 0.163. The van der Waals surface area contributed by atoms with Crippen LogP contribution in [0.15, 0.2) is 12.1 Å². The molecule has 1 aliphatic carbocycles. The summed E-state index contributed by atoms with van der Waals surface area (Å²) in [6, 6.07) is 5.95. The first-order valence-corrected chi connectivity index (χ1v) is 7.76. The highest BCUT2D eigenvalue weighted by Crippen LogP contribution is 2.35. The van der Waals surface area contributed by atoms with Gasteiger partial charge in [-0.2, -0.15) is 5.26 Å². The van der Waals surface area contributed by atoms with Crippen LogP contribution in [0, 0.1) is 24.2 Å². The summed E-state index contributed by atoms with van der Waals surface area (Å²) in [5.74, 6) is 1.47.